The standard InChI is InChI=1S/C15H24BrFN2/c1-11(2)7-14(10-19(3)4)18-9-12-8-13(17)5-6-15(12)16/h5-6,8,11,14,18H,7,9-10H2,1-4H3. The summed E-state index contributed by atoms with van der Waals surface area (Å²) in [5.74, 6) is 0.460. The summed E-state index contributed by atoms with van der Waals surface area (Å²) in [6.45, 7) is 6.12. The fourth-order valence-electron chi connectivity index (χ4n) is 2.17. The van der Waals surface area contributed by atoms with E-state index in [-0.39, 0.29) is 5.82 Å². The average molecular weight is 331 g/mol. The molecular weight excluding hydrogens is 307 g/mol. The van der Waals surface area contributed by atoms with Crippen LogP contribution >= 0.6 is 15.9 Å². The number of hydrogen-bond donors (Lipinski definition) is 1. The molecule has 0 amide bonds. The van der Waals surface area contributed by atoms with Gasteiger partial charge in [0.05, 0.1) is 0 Å². The average Bonchev–Trinajstić information content (AvgIpc) is 2.28. The lowest BCUT2D eigenvalue weighted by atomic mass is 10.0. The first kappa shape index (κ1) is 16.6. The molecule has 0 saturated carbocycles. The van der Waals surface area contributed by atoms with E-state index in [2.05, 4.69) is 54.1 Å². The van der Waals surface area contributed by atoms with E-state index in [1.165, 1.54) is 6.07 Å². The van der Waals surface area contributed by atoms with Crippen LogP contribution in [0, 0.1) is 11.7 Å². The third kappa shape index (κ3) is 6.50. The maximum absolute atomic E-state index is 13.2. The Balaban J connectivity index is 2.61. The normalized spacial score (nSPS) is 13.3. The van der Waals surface area contributed by atoms with Crippen LogP contribution in [-0.4, -0.2) is 31.6 Å². The van der Waals surface area contributed by atoms with Crippen LogP contribution in [0.5, 0.6) is 0 Å². The first-order valence-corrected chi connectivity index (χ1v) is 7.49. The zero-order valence-corrected chi connectivity index (χ0v) is 13.8. The van der Waals surface area contributed by atoms with Crippen LogP contribution in [0.2, 0.25) is 0 Å². The molecule has 2 nitrogen and oxygen atoms in total. The first-order chi connectivity index (χ1) is 8.88. The fraction of sp³-hybridized carbons (Fsp3) is 0.600. The lowest BCUT2D eigenvalue weighted by Crippen LogP contribution is -2.38. The van der Waals surface area contributed by atoms with Crippen molar-refractivity contribution < 1.29 is 4.39 Å². The predicted octanol–water partition coefficient (Wildman–Crippen LogP) is 3.65. The topological polar surface area (TPSA) is 15.3 Å². The molecule has 1 N–H and O–H groups in total. The smallest absolute Gasteiger partial charge is 0.123 e. The third-order valence-corrected chi connectivity index (χ3v) is 3.70. The minimum atomic E-state index is -0.187. The summed E-state index contributed by atoms with van der Waals surface area (Å²) in [4.78, 5) is 2.18. The van der Waals surface area contributed by atoms with Crippen LogP contribution < -0.4 is 5.32 Å². The Morgan fingerprint density at radius 2 is 2.00 bits per heavy atom. The Hall–Kier alpha value is -0.450. The van der Waals surface area contributed by atoms with Crippen LogP contribution in [0.3, 0.4) is 0 Å². The molecular formula is C15H24BrFN2. The summed E-state index contributed by atoms with van der Waals surface area (Å²) in [6, 6.07) is 5.23. The molecule has 0 saturated heterocycles. The molecule has 19 heavy (non-hydrogen) atoms. The highest BCUT2D eigenvalue weighted by Crippen LogP contribution is 2.18. The molecule has 0 bridgehead atoms. The monoisotopic (exact) mass is 330 g/mol. The lowest BCUT2D eigenvalue weighted by molar-refractivity contribution is 0.305. The van der Waals surface area contributed by atoms with Crippen LogP contribution in [0.25, 0.3) is 0 Å². The van der Waals surface area contributed by atoms with Gasteiger partial charge in [-0.3, -0.25) is 0 Å². The van der Waals surface area contributed by atoms with Crippen molar-refractivity contribution in [3.8, 4) is 0 Å². The maximum atomic E-state index is 13.2. The number of likely N-dealkylation sites (N-methyl/N-ethyl adjacent to an activating group) is 1. The quantitative estimate of drug-likeness (QED) is 0.820. The van der Waals surface area contributed by atoms with Crippen molar-refractivity contribution in [3.63, 3.8) is 0 Å². The Morgan fingerprint density at radius 1 is 1.32 bits per heavy atom. The van der Waals surface area contributed by atoms with Gasteiger partial charge in [-0.1, -0.05) is 29.8 Å². The first-order valence-electron chi connectivity index (χ1n) is 6.70. The zero-order chi connectivity index (χ0) is 14.4. The van der Waals surface area contributed by atoms with Crippen molar-refractivity contribution in [2.75, 3.05) is 20.6 Å². The van der Waals surface area contributed by atoms with Gasteiger partial charge < -0.3 is 10.2 Å². The highest BCUT2D eigenvalue weighted by molar-refractivity contribution is 9.10. The summed E-state index contributed by atoms with van der Waals surface area (Å²) in [5.41, 5.74) is 0.965. The van der Waals surface area contributed by atoms with Gasteiger partial charge in [0.2, 0.25) is 0 Å². The van der Waals surface area contributed by atoms with E-state index < -0.39 is 0 Å². The number of nitrogens with zero attached hydrogens (tertiary/aromatic N) is 1. The summed E-state index contributed by atoms with van der Waals surface area (Å²) >= 11 is 3.47. The fourth-order valence-corrected chi connectivity index (χ4v) is 2.55. The highest BCUT2D eigenvalue weighted by atomic mass is 79.9. The van der Waals surface area contributed by atoms with Gasteiger partial charge in [-0.25, -0.2) is 4.39 Å². The number of nitrogens with one attached hydrogen (secondary N) is 1. The number of rotatable bonds is 7. The van der Waals surface area contributed by atoms with Crippen molar-refractivity contribution >= 4 is 15.9 Å². The van der Waals surface area contributed by atoms with Gasteiger partial charge in [0.15, 0.2) is 0 Å². The van der Waals surface area contributed by atoms with Gasteiger partial charge in [-0.15, -0.1) is 0 Å². The van der Waals surface area contributed by atoms with Gasteiger partial charge in [0.25, 0.3) is 0 Å². The Labute approximate surface area is 124 Å². The second-order valence-electron chi connectivity index (χ2n) is 5.71. The van der Waals surface area contributed by atoms with Gasteiger partial charge >= 0.3 is 0 Å². The molecule has 1 aromatic rings. The molecule has 0 aliphatic carbocycles. The molecule has 0 aliphatic heterocycles. The zero-order valence-electron chi connectivity index (χ0n) is 12.2. The molecule has 1 aromatic carbocycles. The second kappa shape index (κ2) is 7.98. The van der Waals surface area contributed by atoms with E-state index in [0.29, 0.717) is 18.5 Å². The highest BCUT2D eigenvalue weighted by Gasteiger charge is 2.12. The molecule has 108 valence electrons. The second-order valence-corrected chi connectivity index (χ2v) is 6.56. The van der Waals surface area contributed by atoms with E-state index >= 15 is 0 Å². The Bertz CT molecular complexity index is 384. The number of halogens is 2. The van der Waals surface area contributed by atoms with Crippen molar-refractivity contribution in [1.29, 1.82) is 0 Å². The van der Waals surface area contributed by atoms with Crippen LogP contribution in [0.1, 0.15) is 25.8 Å². The lowest BCUT2D eigenvalue weighted by Gasteiger charge is -2.24. The van der Waals surface area contributed by atoms with Crippen molar-refractivity contribution in [2.24, 2.45) is 5.92 Å². The molecule has 0 aliphatic rings. The molecule has 0 heterocycles. The summed E-state index contributed by atoms with van der Waals surface area (Å²) < 4.78 is 14.2. The largest absolute Gasteiger partial charge is 0.309 e. The molecule has 0 spiro atoms. The van der Waals surface area contributed by atoms with E-state index in [1.807, 2.05) is 0 Å². The molecule has 1 atom stereocenters. The van der Waals surface area contributed by atoms with Crippen molar-refractivity contribution in [3.05, 3.63) is 34.1 Å². The minimum absolute atomic E-state index is 0.187. The minimum Gasteiger partial charge on any atom is -0.309 e. The van der Waals surface area contributed by atoms with Gasteiger partial charge in [0.1, 0.15) is 5.82 Å². The van der Waals surface area contributed by atoms with Gasteiger partial charge in [-0.2, -0.15) is 0 Å². The summed E-state index contributed by atoms with van der Waals surface area (Å²) in [5, 5.41) is 3.53. The van der Waals surface area contributed by atoms with Crippen molar-refractivity contribution in [1.82, 2.24) is 10.2 Å². The van der Waals surface area contributed by atoms with Gasteiger partial charge in [-0.05, 0) is 50.2 Å². The third-order valence-electron chi connectivity index (χ3n) is 2.93. The predicted molar refractivity (Wildman–Crippen MR) is 82.7 cm³/mol. The Morgan fingerprint density at radius 3 is 2.58 bits per heavy atom. The van der Waals surface area contributed by atoms with Crippen LogP contribution in [0.15, 0.2) is 22.7 Å². The van der Waals surface area contributed by atoms with E-state index in [0.717, 1.165) is 23.0 Å². The molecule has 0 aromatic heterocycles. The van der Waals surface area contributed by atoms with E-state index in [9.17, 15) is 4.39 Å². The molecule has 4 heteroatoms. The number of hydrogen-bond acceptors (Lipinski definition) is 2. The number of benzene rings is 1. The SMILES string of the molecule is CC(C)CC(CN(C)C)NCc1cc(F)ccc1Br. The van der Waals surface area contributed by atoms with E-state index in [4.69, 9.17) is 0 Å². The Kier molecular flexibility index (Phi) is 6.97. The summed E-state index contributed by atoms with van der Waals surface area (Å²) in [7, 11) is 4.15. The molecule has 0 fully saturated rings. The maximum Gasteiger partial charge on any atom is 0.123 e. The summed E-state index contributed by atoms with van der Waals surface area (Å²) in [6.07, 6.45) is 1.12. The van der Waals surface area contributed by atoms with Crippen LogP contribution in [-0.2, 0) is 6.54 Å². The van der Waals surface area contributed by atoms with E-state index in [1.54, 1.807) is 12.1 Å². The van der Waals surface area contributed by atoms with Crippen molar-refractivity contribution in [2.45, 2.75) is 32.9 Å². The van der Waals surface area contributed by atoms with Crippen LogP contribution in [0.4, 0.5) is 4.39 Å². The molecule has 1 rings (SSSR count). The molecule has 0 radical (unpaired) electrons. The van der Waals surface area contributed by atoms with Gasteiger partial charge in [0, 0.05) is 23.6 Å². The molecule has 1 unspecified atom stereocenters.